The van der Waals surface area contributed by atoms with Crippen molar-refractivity contribution in [3.05, 3.63) is 71.8 Å². The number of β-amino-alcohol motifs (C(OH)–C–C–N with tert-alkyl or cyclic N) is 1. The van der Waals surface area contributed by atoms with Crippen LogP contribution in [0.25, 0.3) is 0 Å². The number of carbonyl (C=O) groups excluding carboxylic acids is 2. The van der Waals surface area contributed by atoms with Crippen LogP contribution in [0, 0.1) is 0 Å². The lowest BCUT2D eigenvalue weighted by atomic mass is 10.2. The van der Waals surface area contributed by atoms with E-state index in [1.807, 2.05) is 60.7 Å². The van der Waals surface area contributed by atoms with Crippen LogP contribution >= 0.6 is 0 Å². The molecule has 0 radical (unpaired) electrons. The summed E-state index contributed by atoms with van der Waals surface area (Å²) >= 11 is 0. The number of carbonyl (C=O) groups is 2. The third-order valence-electron chi connectivity index (χ3n) is 4.21. The molecule has 1 amide bonds. The first-order chi connectivity index (χ1) is 12.6. The summed E-state index contributed by atoms with van der Waals surface area (Å²) in [6.07, 6.45) is -1.26. The molecule has 0 saturated carbocycles. The second kappa shape index (κ2) is 8.49. The van der Waals surface area contributed by atoms with Crippen molar-refractivity contribution in [2.75, 3.05) is 6.54 Å². The van der Waals surface area contributed by atoms with Gasteiger partial charge in [0, 0.05) is 6.42 Å². The Balaban J connectivity index is 1.56. The van der Waals surface area contributed by atoms with E-state index in [4.69, 9.17) is 9.47 Å². The van der Waals surface area contributed by atoms with Gasteiger partial charge >= 0.3 is 12.1 Å². The minimum Gasteiger partial charge on any atom is -0.459 e. The molecule has 0 bridgehead atoms. The predicted octanol–water partition coefficient (Wildman–Crippen LogP) is 2.50. The second-order valence-electron chi connectivity index (χ2n) is 6.19. The van der Waals surface area contributed by atoms with E-state index in [0.29, 0.717) is 0 Å². The molecule has 2 aromatic carbocycles. The number of likely N-dealkylation sites (tertiary alicyclic amines) is 1. The summed E-state index contributed by atoms with van der Waals surface area (Å²) in [6, 6.07) is 17.7. The topological polar surface area (TPSA) is 76.1 Å². The van der Waals surface area contributed by atoms with E-state index < -0.39 is 24.2 Å². The molecule has 1 fully saturated rings. The summed E-state index contributed by atoms with van der Waals surface area (Å²) in [4.78, 5) is 25.9. The van der Waals surface area contributed by atoms with Gasteiger partial charge in [0.25, 0.3) is 0 Å². The Morgan fingerprint density at radius 3 is 2.04 bits per heavy atom. The van der Waals surface area contributed by atoms with E-state index in [1.54, 1.807) is 0 Å². The lowest BCUT2D eigenvalue weighted by molar-refractivity contribution is -0.149. The number of ether oxygens (including phenoxy) is 2. The number of rotatable bonds is 5. The van der Waals surface area contributed by atoms with Gasteiger partial charge < -0.3 is 14.6 Å². The highest BCUT2D eigenvalue weighted by Gasteiger charge is 2.40. The third kappa shape index (κ3) is 4.61. The lowest BCUT2D eigenvalue weighted by Gasteiger charge is -2.22. The fourth-order valence-electron chi connectivity index (χ4n) is 2.87. The number of aliphatic hydroxyl groups excluding tert-OH is 1. The number of nitrogens with zero attached hydrogens (tertiary/aromatic N) is 1. The Morgan fingerprint density at radius 2 is 1.46 bits per heavy atom. The highest BCUT2D eigenvalue weighted by Crippen LogP contribution is 2.21. The fourth-order valence-corrected chi connectivity index (χ4v) is 2.87. The van der Waals surface area contributed by atoms with Crippen molar-refractivity contribution in [1.82, 2.24) is 4.90 Å². The number of amides is 1. The van der Waals surface area contributed by atoms with Gasteiger partial charge in [0.05, 0.1) is 12.6 Å². The number of benzene rings is 2. The standard InChI is InChI=1S/C20H21NO5/c22-17-11-18(19(23)25-13-15-7-3-1-4-8-15)21(12-17)20(24)26-14-16-9-5-2-6-10-16/h1-10,17-18,22H,11-14H2/t17-,18-/m0/s1. The van der Waals surface area contributed by atoms with Crippen molar-refractivity contribution in [2.45, 2.75) is 31.8 Å². The summed E-state index contributed by atoms with van der Waals surface area (Å²) < 4.78 is 10.6. The Kier molecular flexibility index (Phi) is 5.86. The van der Waals surface area contributed by atoms with Crippen molar-refractivity contribution in [1.29, 1.82) is 0 Å². The molecule has 3 rings (SSSR count). The summed E-state index contributed by atoms with van der Waals surface area (Å²) in [5, 5.41) is 9.88. The zero-order valence-corrected chi connectivity index (χ0v) is 14.3. The minimum atomic E-state index is -0.836. The van der Waals surface area contributed by atoms with Gasteiger partial charge in [0.1, 0.15) is 19.3 Å². The van der Waals surface area contributed by atoms with Crippen LogP contribution in [-0.4, -0.2) is 40.8 Å². The number of hydrogen-bond donors (Lipinski definition) is 1. The monoisotopic (exact) mass is 355 g/mol. The first-order valence-corrected chi connectivity index (χ1v) is 8.49. The molecule has 1 saturated heterocycles. The highest BCUT2D eigenvalue weighted by molar-refractivity contribution is 5.82. The molecule has 0 unspecified atom stereocenters. The molecule has 1 aliphatic rings. The smallest absolute Gasteiger partial charge is 0.410 e. The van der Waals surface area contributed by atoms with Crippen LogP contribution in [0.15, 0.2) is 60.7 Å². The van der Waals surface area contributed by atoms with Crippen LogP contribution in [0.2, 0.25) is 0 Å². The molecule has 6 heteroatoms. The molecular formula is C20H21NO5. The molecule has 0 aliphatic carbocycles. The van der Waals surface area contributed by atoms with Gasteiger partial charge in [-0.25, -0.2) is 9.59 Å². The first-order valence-electron chi connectivity index (χ1n) is 8.49. The van der Waals surface area contributed by atoms with Gasteiger partial charge in [-0.1, -0.05) is 60.7 Å². The van der Waals surface area contributed by atoms with Gasteiger partial charge in [0.2, 0.25) is 0 Å². The number of esters is 1. The van der Waals surface area contributed by atoms with Crippen molar-refractivity contribution < 1.29 is 24.2 Å². The maximum absolute atomic E-state index is 12.4. The van der Waals surface area contributed by atoms with Crippen molar-refractivity contribution in [2.24, 2.45) is 0 Å². The SMILES string of the molecule is O=C(OCc1ccccc1)[C@@H]1C[C@H](O)CN1C(=O)OCc1ccccc1. The zero-order chi connectivity index (χ0) is 18.4. The van der Waals surface area contributed by atoms with Crippen LogP contribution in [0.5, 0.6) is 0 Å². The first kappa shape index (κ1) is 17.9. The molecule has 1 N–H and O–H groups in total. The van der Waals surface area contributed by atoms with Crippen molar-refractivity contribution in [3.63, 3.8) is 0 Å². The maximum Gasteiger partial charge on any atom is 0.410 e. The van der Waals surface area contributed by atoms with E-state index in [1.165, 1.54) is 4.90 Å². The van der Waals surface area contributed by atoms with Crippen LogP contribution in [0.4, 0.5) is 4.79 Å². The molecular weight excluding hydrogens is 334 g/mol. The molecule has 1 heterocycles. The molecule has 1 aliphatic heterocycles. The van der Waals surface area contributed by atoms with Crippen LogP contribution in [-0.2, 0) is 27.5 Å². The lowest BCUT2D eigenvalue weighted by Crippen LogP contribution is -2.41. The normalized spacial score (nSPS) is 19.2. The number of hydrogen-bond acceptors (Lipinski definition) is 5. The molecule has 0 aromatic heterocycles. The molecule has 2 aromatic rings. The summed E-state index contributed by atoms with van der Waals surface area (Å²) in [6.45, 7) is 0.288. The Labute approximate surface area is 152 Å². The van der Waals surface area contributed by atoms with E-state index in [-0.39, 0.29) is 26.2 Å². The van der Waals surface area contributed by atoms with Gasteiger partial charge in [-0.2, -0.15) is 0 Å². The average Bonchev–Trinajstić information content (AvgIpc) is 3.08. The highest BCUT2D eigenvalue weighted by atomic mass is 16.6. The Bertz CT molecular complexity index is 671. The van der Waals surface area contributed by atoms with Gasteiger partial charge in [0.15, 0.2) is 0 Å². The fraction of sp³-hybridized carbons (Fsp3) is 0.300. The van der Waals surface area contributed by atoms with Crippen LogP contribution in [0.3, 0.4) is 0 Å². The third-order valence-corrected chi connectivity index (χ3v) is 4.21. The molecule has 136 valence electrons. The Morgan fingerprint density at radius 1 is 0.923 bits per heavy atom. The molecule has 2 atom stereocenters. The van der Waals surface area contributed by atoms with E-state index in [0.717, 1.165) is 11.1 Å². The minimum absolute atomic E-state index is 0.0543. The van der Waals surface area contributed by atoms with Crippen LogP contribution in [0.1, 0.15) is 17.5 Å². The quantitative estimate of drug-likeness (QED) is 0.834. The average molecular weight is 355 g/mol. The molecule has 26 heavy (non-hydrogen) atoms. The number of aliphatic hydroxyl groups is 1. The Hall–Kier alpha value is -2.86. The molecule has 6 nitrogen and oxygen atoms in total. The molecule has 0 spiro atoms. The van der Waals surface area contributed by atoms with Crippen LogP contribution < -0.4 is 0 Å². The van der Waals surface area contributed by atoms with Crippen molar-refractivity contribution in [3.8, 4) is 0 Å². The summed E-state index contributed by atoms with van der Waals surface area (Å²) in [5.74, 6) is -0.540. The zero-order valence-electron chi connectivity index (χ0n) is 14.3. The van der Waals surface area contributed by atoms with E-state index in [9.17, 15) is 14.7 Å². The van der Waals surface area contributed by atoms with Gasteiger partial charge in [-0.05, 0) is 11.1 Å². The van der Waals surface area contributed by atoms with Crippen molar-refractivity contribution >= 4 is 12.1 Å². The summed E-state index contributed by atoms with van der Waals surface area (Å²) in [5.41, 5.74) is 1.71. The largest absolute Gasteiger partial charge is 0.459 e. The second-order valence-corrected chi connectivity index (χ2v) is 6.19. The van der Waals surface area contributed by atoms with E-state index in [2.05, 4.69) is 0 Å². The summed E-state index contributed by atoms with van der Waals surface area (Å²) in [7, 11) is 0. The predicted molar refractivity (Wildman–Crippen MR) is 94.0 cm³/mol. The maximum atomic E-state index is 12.4. The van der Waals surface area contributed by atoms with E-state index >= 15 is 0 Å². The van der Waals surface area contributed by atoms with Gasteiger partial charge in [-0.3, -0.25) is 4.90 Å². The van der Waals surface area contributed by atoms with Gasteiger partial charge in [-0.15, -0.1) is 0 Å².